The van der Waals surface area contributed by atoms with Crippen LogP contribution in [-0.2, 0) is 11.2 Å². The number of hydrogen-bond donors (Lipinski definition) is 4. The zero-order valence-corrected chi connectivity index (χ0v) is 13.7. The number of hydrogen-bond acceptors (Lipinski definition) is 3. The van der Waals surface area contributed by atoms with Crippen molar-refractivity contribution < 1.29 is 19.8 Å². The van der Waals surface area contributed by atoms with E-state index in [1.165, 1.54) is 0 Å². The van der Waals surface area contributed by atoms with Gasteiger partial charge in [-0.25, -0.2) is 4.79 Å². The second-order valence-corrected chi connectivity index (χ2v) is 5.69. The lowest BCUT2D eigenvalue weighted by Gasteiger charge is -2.23. The molecule has 1 aromatic rings. The standard InChI is InChI=1S/C17H26N2O4/c1-3-15(12(2)20)19-17(23)18-14(9-10-16(21)22)11-13-7-5-4-6-8-13/h4-8,12,14-15,20H,3,9-11H2,1-2H3,(H,21,22)(H2,18,19,23). The molecule has 0 aliphatic rings. The number of rotatable bonds is 9. The first-order valence-corrected chi connectivity index (χ1v) is 7.93. The lowest BCUT2D eigenvalue weighted by molar-refractivity contribution is -0.137. The van der Waals surface area contributed by atoms with Crippen LogP contribution in [0, 0.1) is 0 Å². The number of urea groups is 1. The summed E-state index contributed by atoms with van der Waals surface area (Å²) in [7, 11) is 0. The number of amides is 2. The molecule has 0 fully saturated rings. The predicted molar refractivity (Wildman–Crippen MR) is 88.2 cm³/mol. The smallest absolute Gasteiger partial charge is 0.315 e. The third-order valence-corrected chi connectivity index (χ3v) is 3.71. The fourth-order valence-corrected chi connectivity index (χ4v) is 2.38. The largest absolute Gasteiger partial charge is 0.481 e. The minimum Gasteiger partial charge on any atom is -0.481 e. The van der Waals surface area contributed by atoms with E-state index in [0.717, 1.165) is 5.56 Å². The van der Waals surface area contributed by atoms with Crippen LogP contribution in [0.2, 0.25) is 0 Å². The Balaban J connectivity index is 2.64. The maximum Gasteiger partial charge on any atom is 0.315 e. The van der Waals surface area contributed by atoms with Crippen molar-refractivity contribution in [2.24, 2.45) is 0 Å². The van der Waals surface area contributed by atoms with Gasteiger partial charge in [-0.2, -0.15) is 0 Å². The normalized spacial score (nSPS) is 14.6. The van der Waals surface area contributed by atoms with Crippen LogP contribution >= 0.6 is 0 Å². The highest BCUT2D eigenvalue weighted by Crippen LogP contribution is 2.08. The third kappa shape index (κ3) is 7.65. The van der Waals surface area contributed by atoms with Gasteiger partial charge in [0.1, 0.15) is 0 Å². The van der Waals surface area contributed by atoms with Gasteiger partial charge in [0.15, 0.2) is 0 Å². The highest BCUT2D eigenvalue weighted by Gasteiger charge is 2.19. The van der Waals surface area contributed by atoms with E-state index in [-0.39, 0.29) is 24.5 Å². The number of carboxylic acids is 1. The summed E-state index contributed by atoms with van der Waals surface area (Å²) in [6, 6.07) is 8.62. The number of carbonyl (C=O) groups is 2. The first-order valence-electron chi connectivity index (χ1n) is 7.93. The van der Waals surface area contributed by atoms with Gasteiger partial charge in [-0.05, 0) is 31.7 Å². The third-order valence-electron chi connectivity index (χ3n) is 3.71. The molecule has 0 bridgehead atoms. The summed E-state index contributed by atoms with van der Waals surface area (Å²) >= 11 is 0. The summed E-state index contributed by atoms with van der Waals surface area (Å²) < 4.78 is 0. The van der Waals surface area contributed by atoms with E-state index < -0.39 is 12.1 Å². The molecule has 0 heterocycles. The van der Waals surface area contributed by atoms with Gasteiger partial charge in [0.05, 0.1) is 12.1 Å². The molecule has 0 radical (unpaired) electrons. The van der Waals surface area contributed by atoms with Gasteiger partial charge in [-0.15, -0.1) is 0 Å². The molecule has 0 saturated heterocycles. The van der Waals surface area contributed by atoms with Gasteiger partial charge in [0.2, 0.25) is 0 Å². The summed E-state index contributed by atoms with van der Waals surface area (Å²) in [6.45, 7) is 3.50. The topological polar surface area (TPSA) is 98.7 Å². The molecule has 1 rings (SSSR count). The minimum absolute atomic E-state index is 0.00854. The molecule has 23 heavy (non-hydrogen) atoms. The zero-order chi connectivity index (χ0) is 17.2. The Kier molecular flexibility index (Phi) is 8.11. The van der Waals surface area contributed by atoms with Crippen LogP contribution in [0.5, 0.6) is 0 Å². The van der Waals surface area contributed by atoms with Crippen molar-refractivity contribution in [3.05, 3.63) is 35.9 Å². The maximum absolute atomic E-state index is 12.1. The number of aliphatic hydroxyl groups excluding tert-OH is 1. The summed E-state index contributed by atoms with van der Waals surface area (Å²) in [5.74, 6) is -0.888. The zero-order valence-electron chi connectivity index (χ0n) is 13.7. The van der Waals surface area contributed by atoms with Crippen molar-refractivity contribution in [1.82, 2.24) is 10.6 Å². The Labute approximate surface area is 136 Å². The molecule has 4 N–H and O–H groups in total. The van der Waals surface area contributed by atoms with Crippen molar-refractivity contribution in [1.29, 1.82) is 0 Å². The van der Waals surface area contributed by atoms with Crippen molar-refractivity contribution >= 4 is 12.0 Å². The van der Waals surface area contributed by atoms with Gasteiger partial charge in [0, 0.05) is 12.5 Å². The van der Waals surface area contributed by atoms with Crippen LogP contribution in [0.15, 0.2) is 30.3 Å². The SMILES string of the molecule is CCC(NC(=O)NC(CCC(=O)O)Cc1ccccc1)C(C)O. The van der Waals surface area contributed by atoms with E-state index in [9.17, 15) is 14.7 Å². The van der Waals surface area contributed by atoms with E-state index in [4.69, 9.17) is 5.11 Å². The van der Waals surface area contributed by atoms with E-state index in [2.05, 4.69) is 10.6 Å². The number of carbonyl (C=O) groups excluding carboxylic acids is 1. The Morgan fingerprint density at radius 1 is 1.17 bits per heavy atom. The van der Waals surface area contributed by atoms with Crippen LogP contribution in [-0.4, -0.2) is 40.4 Å². The van der Waals surface area contributed by atoms with Gasteiger partial charge in [-0.3, -0.25) is 4.79 Å². The highest BCUT2D eigenvalue weighted by atomic mass is 16.4. The first-order chi connectivity index (χ1) is 10.9. The number of aliphatic carboxylic acids is 1. The Hall–Kier alpha value is -2.08. The molecule has 6 nitrogen and oxygen atoms in total. The van der Waals surface area contributed by atoms with Crippen molar-refractivity contribution in [3.63, 3.8) is 0 Å². The van der Waals surface area contributed by atoms with Gasteiger partial charge in [-0.1, -0.05) is 37.3 Å². The first kappa shape index (κ1) is 19.0. The maximum atomic E-state index is 12.1. The molecule has 0 saturated carbocycles. The lowest BCUT2D eigenvalue weighted by Crippen LogP contribution is -2.50. The summed E-state index contributed by atoms with van der Waals surface area (Å²) in [5.41, 5.74) is 1.03. The fraction of sp³-hybridized carbons (Fsp3) is 0.529. The lowest BCUT2D eigenvalue weighted by atomic mass is 10.0. The minimum atomic E-state index is -0.888. The Bertz CT molecular complexity index is 491. The second kappa shape index (κ2) is 9.84. The van der Waals surface area contributed by atoms with E-state index in [1.807, 2.05) is 37.3 Å². The van der Waals surface area contributed by atoms with E-state index in [1.54, 1.807) is 6.92 Å². The molecule has 0 aromatic heterocycles. The molecule has 128 valence electrons. The molecule has 2 amide bonds. The van der Waals surface area contributed by atoms with E-state index >= 15 is 0 Å². The number of aliphatic hydroxyl groups is 1. The quantitative estimate of drug-likeness (QED) is 0.558. The monoisotopic (exact) mass is 322 g/mol. The number of nitrogens with one attached hydrogen (secondary N) is 2. The molecule has 3 atom stereocenters. The molecule has 0 spiro atoms. The highest BCUT2D eigenvalue weighted by molar-refractivity contribution is 5.74. The molecular formula is C17H26N2O4. The molecule has 3 unspecified atom stereocenters. The number of benzene rings is 1. The fourth-order valence-electron chi connectivity index (χ4n) is 2.38. The van der Waals surface area contributed by atoms with Gasteiger partial charge < -0.3 is 20.8 Å². The van der Waals surface area contributed by atoms with E-state index in [0.29, 0.717) is 19.3 Å². The van der Waals surface area contributed by atoms with Crippen LogP contribution in [0.1, 0.15) is 38.7 Å². The van der Waals surface area contributed by atoms with Crippen LogP contribution < -0.4 is 10.6 Å². The average molecular weight is 322 g/mol. The van der Waals surface area contributed by atoms with Gasteiger partial charge in [0.25, 0.3) is 0 Å². The molecule has 0 aliphatic heterocycles. The average Bonchev–Trinajstić information content (AvgIpc) is 2.51. The molecule has 6 heteroatoms. The summed E-state index contributed by atoms with van der Waals surface area (Å²) in [5, 5.41) is 24.0. The summed E-state index contributed by atoms with van der Waals surface area (Å²) in [6.07, 6.45) is 0.878. The van der Waals surface area contributed by atoms with Crippen molar-refractivity contribution in [2.45, 2.75) is 57.7 Å². The van der Waals surface area contributed by atoms with Crippen LogP contribution in [0.25, 0.3) is 0 Å². The van der Waals surface area contributed by atoms with Crippen molar-refractivity contribution in [2.75, 3.05) is 0 Å². The van der Waals surface area contributed by atoms with Crippen molar-refractivity contribution in [3.8, 4) is 0 Å². The van der Waals surface area contributed by atoms with Crippen LogP contribution in [0.3, 0.4) is 0 Å². The van der Waals surface area contributed by atoms with Gasteiger partial charge >= 0.3 is 12.0 Å². The number of carboxylic acid groups (broad SMARTS) is 1. The Morgan fingerprint density at radius 2 is 1.83 bits per heavy atom. The van der Waals surface area contributed by atoms with Crippen LogP contribution in [0.4, 0.5) is 4.79 Å². The Morgan fingerprint density at radius 3 is 2.35 bits per heavy atom. The summed E-state index contributed by atoms with van der Waals surface area (Å²) in [4.78, 5) is 22.9. The molecule has 0 aliphatic carbocycles. The molecular weight excluding hydrogens is 296 g/mol. The molecule has 1 aromatic carbocycles. The predicted octanol–water partition coefficient (Wildman–Crippen LogP) is 1.92. The second-order valence-electron chi connectivity index (χ2n) is 5.69.